The number of alkyl halides is 3. The first kappa shape index (κ1) is 7.89. The summed E-state index contributed by atoms with van der Waals surface area (Å²) in [5.74, 6) is -0.361. The molecule has 0 amide bonds. The summed E-state index contributed by atoms with van der Waals surface area (Å²) in [6.07, 6.45) is -1.53. The predicted molar refractivity (Wildman–Crippen MR) is 32.9 cm³/mol. The van der Waals surface area contributed by atoms with Crippen LogP contribution in [0.5, 0.6) is 0 Å². The molecule has 0 saturated heterocycles. The highest BCUT2D eigenvalue weighted by molar-refractivity contribution is 4.76. The molecule has 0 bridgehead atoms. The standard InChI is InChI=1S/C7H11F3/c8-6(7(9)10)5-3-1-2-4-5/h5-7H,1-4H2. The van der Waals surface area contributed by atoms with Crippen LogP contribution in [-0.2, 0) is 0 Å². The molecule has 1 unspecified atom stereocenters. The second-order valence-corrected chi connectivity index (χ2v) is 2.82. The van der Waals surface area contributed by atoms with Crippen molar-refractivity contribution in [2.45, 2.75) is 38.3 Å². The first-order chi connectivity index (χ1) is 4.72. The molecule has 0 heterocycles. The maximum absolute atomic E-state index is 12.5. The van der Waals surface area contributed by atoms with Gasteiger partial charge in [-0.15, -0.1) is 0 Å². The lowest BCUT2D eigenvalue weighted by molar-refractivity contribution is 0.0177. The fourth-order valence-corrected chi connectivity index (χ4v) is 1.48. The van der Waals surface area contributed by atoms with Crippen molar-refractivity contribution < 1.29 is 13.2 Å². The SMILES string of the molecule is FC(F)C(F)C1CCCC1. The van der Waals surface area contributed by atoms with E-state index in [4.69, 9.17) is 0 Å². The normalized spacial score (nSPS) is 24.0. The van der Waals surface area contributed by atoms with Crippen LogP contribution in [0.4, 0.5) is 13.2 Å². The van der Waals surface area contributed by atoms with E-state index in [1.54, 1.807) is 0 Å². The molecule has 1 atom stereocenters. The van der Waals surface area contributed by atoms with Crippen LogP contribution in [-0.4, -0.2) is 12.6 Å². The Labute approximate surface area is 58.4 Å². The van der Waals surface area contributed by atoms with Gasteiger partial charge in [0.2, 0.25) is 0 Å². The van der Waals surface area contributed by atoms with E-state index in [1.165, 1.54) is 0 Å². The molecule has 1 saturated carbocycles. The minimum Gasteiger partial charge on any atom is -0.241 e. The van der Waals surface area contributed by atoms with Crippen molar-refractivity contribution in [2.24, 2.45) is 5.92 Å². The van der Waals surface area contributed by atoms with Gasteiger partial charge in [0.05, 0.1) is 0 Å². The topological polar surface area (TPSA) is 0 Å². The van der Waals surface area contributed by atoms with E-state index in [0.717, 1.165) is 12.8 Å². The summed E-state index contributed by atoms with van der Waals surface area (Å²) in [5.41, 5.74) is 0. The highest BCUT2D eigenvalue weighted by Gasteiger charge is 2.31. The van der Waals surface area contributed by atoms with Gasteiger partial charge in [0.1, 0.15) is 0 Å². The fourth-order valence-electron chi connectivity index (χ4n) is 1.48. The summed E-state index contributed by atoms with van der Waals surface area (Å²) in [5, 5.41) is 0. The van der Waals surface area contributed by atoms with E-state index in [0.29, 0.717) is 12.8 Å². The van der Waals surface area contributed by atoms with Crippen LogP contribution in [0.15, 0.2) is 0 Å². The molecule has 1 aliphatic carbocycles. The van der Waals surface area contributed by atoms with Crippen LogP contribution >= 0.6 is 0 Å². The van der Waals surface area contributed by atoms with Crippen LogP contribution in [0.3, 0.4) is 0 Å². The maximum Gasteiger partial charge on any atom is 0.269 e. The summed E-state index contributed by atoms with van der Waals surface area (Å²) in [7, 11) is 0. The molecular weight excluding hydrogens is 141 g/mol. The molecule has 0 N–H and O–H groups in total. The van der Waals surface area contributed by atoms with Crippen LogP contribution in [0.1, 0.15) is 25.7 Å². The quantitative estimate of drug-likeness (QED) is 0.570. The zero-order chi connectivity index (χ0) is 7.56. The van der Waals surface area contributed by atoms with Crippen molar-refractivity contribution in [3.8, 4) is 0 Å². The van der Waals surface area contributed by atoms with Gasteiger partial charge in [-0.1, -0.05) is 12.8 Å². The summed E-state index contributed by atoms with van der Waals surface area (Å²) in [6.45, 7) is 0. The van der Waals surface area contributed by atoms with Crippen molar-refractivity contribution in [1.82, 2.24) is 0 Å². The molecule has 0 spiro atoms. The summed E-state index contributed by atoms with van der Waals surface area (Å²) in [4.78, 5) is 0. The van der Waals surface area contributed by atoms with Crippen molar-refractivity contribution in [1.29, 1.82) is 0 Å². The molecule has 3 heteroatoms. The smallest absolute Gasteiger partial charge is 0.241 e. The lowest BCUT2D eigenvalue weighted by atomic mass is 10.0. The van der Waals surface area contributed by atoms with Gasteiger partial charge in [0, 0.05) is 0 Å². The zero-order valence-electron chi connectivity index (χ0n) is 5.69. The average Bonchev–Trinajstić information content (AvgIpc) is 2.36. The third kappa shape index (κ3) is 1.64. The Morgan fingerprint density at radius 2 is 1.50 bits per heavy atom. The molecule has 1 fully saturated rings. The number of halogens is 3. The molecule has 1 aliphatic rings. The van der Waals surface area contributed by atoms with E-state index >= 15 is 0 Å². The molecule has 60 valence electrons. The van der Waals surface area contributed by atoms with Crippen LogP contribution < -0.4 is 0 Å². The van der Waals surface area contributed by atoms with Gasteiger partial charge in [-0.2, -0.15) is 0 Å². The average molecular weight is 152 g/mol. The van der Waals surface area contributed by atoms with Gasteiger partial charge in [0.25, 0.3) is 6.43 Å². The Bertz CT molecular complexity index is 97.0. The van der Waals surface area contributed by atoms with E-state index in [9.17, 15) is 13.2 Å². The van der Waals surface area contributed by atoms with Crippen molar-refractivity contribution in [3.63, 3.8) is 0 Å². The molecule has 10 heavy (non-hydrogen) atoms. The predicted octanol–water partition coefficient (Wildman–Crippen LogP) is 2.78. The van der Waals surface area contributed by atoms with Gasteiger partial charge in [-0.25, -0.2) is 13.2 Å². The van der Waals surface area contributed by atoms with E-state index in [-0.39, 0.29) is 5.92 Å². The number of hydrogen-bond acceptors (Lipinski definition) is 0. The maximum atomic E-state index is 12.5. The Hall–Kier alpha value is -0.210. The van der Waals surface area contributed by atoms with E-state index < -0.39 is 12.6 Å². The summed E-state index contributed by atoms with van der Waals surface area (Å²) >= 11 is 0. The molecule has 0 aromatic heterocycles. The second-order valence-electron chi connectivity index (χ2n) is 2.82. The minimum atomic E-state index is -2.77. The van der Waals surface area contributed by atoms with Crippen molar-refractivity contribution in [3.05, 3.63) is 0 Å². The molecule has 0 aromatic carbocycles. The first-order valence-corrected chi connectivity index (χ1v) is 3.64. The number of rotatable bonds is 2. The third-order valence-corrected chi connectivity index (χ3v) is 2.09. The van der Waals surface area contributed by atoms with Gasteiger partial charge in [-0.3, -0.25) is 0 Å². The van der Waals surface area contributed by atoms with Crippen LogP contribution in [0, 0.1) is 5.92 Å². The minimum absolute atomic E-state index is 0.361. The highest BCUT2D eigenvalue weighted by atomic mass is 19.3. The monoisotopic (exact) mass is 152 g/mol. The lowest BCUT2D eigenvalue weighted by Gasteiger charge is -2.12. The Morgan fingerprint density at radius 1 is 1.00 bits per heavy atom. The summed E-state index contributed by atoms with van der Waals surface area (Å²) < 4.78 is 35.9. The molecule has 0 nitrogen and oxygen atoms in total. The molecule has 0 aromatic rings. The number of hydrogen-bond donors (Lipinski definition) is 0. The van der Waals surface area contributed by atoms with E-state index in [2.05, 4.69) is 0 Å². The molecule has 0 radical (unpaired) electrons. The lowest BCUT2D eigenvalue weighted by Crippen LogP contribution is -2.20. The van der Waals surface area contributed by atoms with Crippen molar-refractivity contribution >= 4 is 0 Å². The molecule has 1 rings (SSSR count). The molecule has 0 aliphatic heterocycles. The first-order valence-electron chi connectivity index (χ1n) is 3.64. The van der Waals surface area contributed by atoms with Crippen LogP contribution in [0.2, 0.25) is 0 Å². The third-order valence-electron chi connectivity index (χ3n) is 2.09. The van der Waals surface area contributed by atoms with Crippen LogP contribution in [0.25, 0.3) is 0 Å². The second kappa shape index (κ2) is 3.26. The van der Waals surface area contributed by atoms with E-state index in [1.807, 2.05) is 0 Å². The Kier molecular flexibility index (Phi) is 2.57. The Balaban J connectivity index is 2.32. The fraction of sp³-hybridized carbons (Fsp3) is 1.00. The molecular formula is C7H11F3. The van der Waals surface area contributed by atoms with Gasteiger partial charge >= 0.3 is 0 Å². The Morgan fingerprint density at radius 3 is 1.90 bits per heavy atom. The van der Waals surface area contributed by atoms with Crippen molar-refractivity contribution in [2.75, 3.05) is 0 Å². The highest BCUT2D eigenvalue weighted by Crippen LogP contribution is 2.31. The zero-order valence-corrected chi connectivity index (χ0v) is 5.69. The van der Waals surface area contributed by atoms with Gasteiger partial charge in [-0.05, 0) is 18.8 Å². The van der Waals surface area contributed by atoms with Gasteiger partial charge in [0.15, 0.2) is 6.17 Å². The summed E-state index contributed by atoms with van der Waals surface area (Å²) in [6, 6.07) is 0. The largest absolute Gasteiger partial charge is 0.269 e. The van der Waals surface area contributed by atoms with Gasteiger partial charge < -0.3 is 0 Å².